The normalized spacial score (nSPS) is 17.3. The molecular formula is C4H6NO+. The Morgan fingerprint density at radius 2 is 2.67 bits per heavy atom. The van der Waals surface area contributed by atoms with Gasteiger partial charge < -0.3 is 4.74 Å². The highest BCUT2D eigenvalue weighted by Gasteiger charge is 1.83. The first-order chi connectivity index (χ1) is 3.00. The van der Waals surface area contributed by atoms with Crippen LogP contribution in [0, 0.1) is 0 Å². The van der Waals surface area contributed by atoms with Gasteiger partial charge in [-0.25, -0.2) is 4.99 Å². The monoisotopic (exact) mass is 84.0 g/mol. The number of ether oxygens (including phenoxy) is 1. The average Bonchev–Trinajstić information content (AvgIpc) is 1.72. The number of hydrogen-bond donors (Lipinski definition) is 1. The summed E-state index contributed by atoms with van der Waals surface area (Å²) >= 11 is 0. The van der Waals surface area contributed by atoms with E-state index in [4.69, 9.17) is 4.74 Å². The summed E-state index contributed by atoms with van der Waals surface area (Å²) in [6, 6.07) is 0. The topological polar surface area (TPSA) is 23.2 Å². The van der Waals surface area contributed by atoms with E-state index in [-0.39, 0.29) is 0 Å². The van der Waals surface area contributed by atoms with Crippen molar-refractivity contribution in [3.63, 3.8) is 0 Å². The molecule has 0 aromatic rings. The first-order valence-electron chi connectivity index (χ1n) is 1.84. The fourth-order valence-corrected chi connectivity index (χ4v) is 0.307. The lowest BCUT2D eigenvalue weighted by atomic mass is 10.7. The van der Waals surface area contributed by atoms with Gasteiger partial charge in [0.1, 0.15) is 6.26 Å². The van der Waals surface area contributed by atoms with Crippen LogP contribution in [0.2, 0.25) is 0 Å². The Kier molecular flexibility index (Phi) is 0.906. The molecule has 1 aliphatic rings. The Morgan fingerprint density at radius 3 is 2.83 bits per heavy atom. The van der Waals surface area contributed by atoms with E-state index >= 15 is 0 Å². The molecule has 0 aromatic heterocycles. The lowest BCUT2D eigenvalue weighted by molar-refractivity contribution is -0.375. The van der Waals surface area contributed by atoms with Gasteiger partial charge in [-0.1, -0.05) is 0 Å². The van der Waals surface area contributed by atoms with E-state index in [2.05, 4.69) is 4.99 Å². The summed E-state index contributed by atoms with van der Waals surface area (Å²) in [7, 11) is 0. The molecule has 0 radical (unpaired) electrons. The molecule has 0 saturated carbocycles. The van der Waals surface area contributed by atoms with Crippen molar-refractivity contribution in [1.82, 2.24) is 0 Å². The van der Waals surface area contributed by atoms with E-state index in [1.807, 2.05) is 6.21 Å². The van der Waals surface area contributed by atoms with Gasteiger partial charge in [0.2, 0.25) is 6.20 Å². The van der Waals surface area contributed by atoms with Gasteiger partial charge in [0, 0.05) is 0 Å². The van der Waals surface area contributed by atoms with Gasteiger partial charge in [-0.3, -0.25) is 0 Å². The standard InChI is InChI=1S/C4H5NO/c1-3-6-4-2-5-1/h1-3H,4H2/p+1. The Balaban J connectivity index is 2.46. The summed E-state index contributed by atoms with van der Waals surface area (Å²) in [5, 5.41) is 0. The predicted molar refractivity (Wildman–Crippen MR) is 22.1 cm³/mol. The third-order valence-electron chi connectivity index (χ3n) is 0.558. The molecule has 0 saturated heterocycles. The van der Waals surface area contributed by atoms with Gasteiger partial charge in [0.25, 0.3) is 0 Å². The second kappa shape index (κ2) is 1.60. The van der Waals surface area contributed by atoms with Crippen LogP contribution in [0.25, 0.3) is 0 Å². The first-order valence-corrected chi connectivity index (χ1v) is 1.84. The van der Waals surface area contributed by atoms with Crippen LogP contribution in [0.5, 0.6) is 0 Å². The molecule has 0 bridgehead atoms. The highest BCUT2D eigenvalue weighted by Crippen LogP contribution is 1.68. The molecule has 0 spiro atoms. The van der Waals surface area contributed by atoms with Crippen LogP contribution in [0.1, 0.15) is 0 Å². The lowest BCUT2D eigenvalue weighted by Gasteiger charge is -1.88. The number of rotatable bonds is 0. The largest absolute Gasteiger partial charge is 0.485 e. The van der Waals surface area contributed by atoms with Crippen LogP contribution in [0.3, 0.4) is 0 Å². The van der Waals surface area contributed by atoms with Crippen LogP contribution < -0.4 is 4.99 Å². The Morgan fingerprint density at radius 1 is 1.67 bits per heavy atom. The maximum Gasteiger partial charge on any atom is 0.201 e. The van der Waals surface area contributed by atoms with Crippen LogP contribution in [0.15, 0.2) is 12.5 Å². The lowest BCUT2D eigenvalue weighted by Crippen LogP contribution is -2.63. The molecule has 0 fully saturated rings. The van der Waals surface area contributed by atoms with Gasteiger partial charge in [-0.05, 0) is 0 Å². The molecule has 6 heavy (non-hydrogen) atoms. The molecule has 1 aliphatic heterocycles. The number of hydrogen-bond acceptors (Lipinski definition) is 1. The zero-order valence-corrected chi connectivity index (χ0v) is 3.35. The molecule has 0 aliphatic carbocycles. The fraction of sp³-hybridized carbons (Fsp3) is 0.250. The van der Waals surface area contributed by atoms with E-state index in [0.29, 0.717) is 6.61 Å². The maximum absolute atomic E-state index is 4.77. The van der Waals surface area contributed by atoms with Crippen LogP contribution >= 0.6 is 0 Å². The fourth-order valence-electron chi connectivity index (χ4n) is 0.307. The highest BCUT2D eigenvalue weighted by molar-refractivity contribution is 5.51. The molecule has 0 unspecified atom stereocenters. The molecular weight excluding hydrogens is 78.0 g/mol. The smallest absolute Gasteiger partial charge is 0.201 e. The van der Waals surface area contributed by atoms with Crippen molar-refractivity contribution < 1.29 is 9.73 Å². The van der Waals surface area contributed by atoms with Crippen molar-refractivity contribution in [3.05, 3.63) is 12.5 Å². The number of nitrogens with one attached hydrogen (secondary N) is 1. The SMILES string of the molecule is C1=COCC=[NH+]1. The van der Waals surface area contributed by atoms with Gasteiger partial charge in [-0.15, -0.1) is 0 Å². The Labute approximate surface area is 36.1 Å². The minimum Gasteiger partial charge on any atom is -0.485 e. The minimum absolute atomic E-state index is 0.677. The van der Waals surface area contributed by atoms with Crippen molar-refractivity contribution in [3.8, 4) is 0 Å². The third-order valence-corrected chi connectivity index (χ3v) is 0.558. The van der Waals surface area contributed by atoms with Crippen molar-refractivity contribution >= 4 is 6.21 Å². The average molecular weight is 84.1 g/mol. The minimum atomic E-state index is 0.677. The molecule has 1 rings (SSSR count). The van der Waals surface area contributed by atoms with Crippen molar-refractivity contribution in [2.45, 2.75) is 0 Å². The molecule has 0 aromatic carbocycles. The van der Waals surface area contributed by atoms with E-state index < -0.39 is 0 Å². The molecule has 0 amide bonds. The van der Waals surface area contributed by atoms with E-state index in [1.54, 1.807) is 12.5 Å². The highest BCUT2D eigenvalue weighted by atomic mass is 16.5. The summed E-state index contributed by atoms with van der Waals surface area (Å²) in [6.45, 7) is 0.677. The van der Waals surface area contributed by atoms with Crippen molar-refractivity contribution in [2.24, 2.45) is 0 Å². The second-order valence-electron chi connectivity index (χ2n) is 1.01. The molecule has 2 nitrogen and oxygen atoms in total. The van der Waals surface area contributed by atoms with Crippen LogP contribution in [-0.4, -0.2) is 12.8 Å². The zero-order valence-electron chi connectivity index (χ0n) is 3.35. The summed E-state index contributed by atoms with van der Waals surface area (Å²) in [5.74, 6) is 0. The van der Waals surface area contributed by atoms with Crippen molar-refractivity contribution in [2.75, 3.05) is 6.61 Å². The quantitative estimate of drug-likeness (QED) is 0.385. The van der Waals surface area contributed by atoms with Gasteiger partial charge in [-0.2, -0.15) is 0 Å². The Bertz CT molecular complexity index is 73.5. The summed E-state index contributed by atoms with van der Waals surface area (Å²) in [5.41, 5.74) is 0. The molecule has 2 heteroatoms. The van der Waals surface area contributed by atoms with Gasteiger partial charge in [0.15, 0.2) is 12.8 Å². The van der Waals surface area contributed by atoms with Crippen LogP contribution in [0.4, 0.5) is 0 Å². The molecule has 1 heterocycles. The second-order valence-corrected chi connectivity index (χ2v) is 1.01. The van der Waals surface area contributed by atoms with E-state index in [0.717, 1.165) is 0 Å². The van der Waals surface area contributed by atoms with Gasteiger partial charge >= 0.3 is 0 Å². The summed E-state index contributed by atoms with van der Waals surface area (Å²) in [4.78, 5) is 2.85. The summed E-state index contributed by atoms with van der Waals surface area (Å²) < 4.78 is 4.77. The molecule has 0 atom stereocenters. The molecule has 32 valence electrons. The van der Waals surface area contributed by atoms with E-state index in [9.17, 15) is 0 Å². The van der Waals surface area contributed by atoms with Crippen molar-refractivity contribution in [1.29, 1.82) is 0 Å². The summed E-state index contributed by atoms with van der Waals surface area (Å²) in [6.07, 6.45) is 5.20. The predicted octanol–water partition coefficient (Wildman–Crippen LogP) is -1.36. The van der Waals surface area contributed by atoms with Gasteiger partial charge in [0.05, 0.1) is 0 Å². The first kappa shape index (κ1) is 3.40. The Hall–Kier alpha value is -0.790. The molecule has 1 N–H and O–H groups in total. The maximum atomic E-state index is 4.77. The third kappa shape index (κ3) is 0.578. The zero-order chi connectivity index (χ0) is 4.24. The van der Waals surface area contributed by atoms with E-state index in [1.165, 1.54) is 0 Å². The van der Waals surface area contributed by atoms with Crippen LogP contribution in [-0.2, 0) is 4.74 Å².